The highest BCUT2D eigenvalue weighted by molar-refractivity contribution is 4.83. The fourth-order valence-electron chi connectivity index (χ4n) is 2.41. The molecule has 1 rings (SSSR count). The van der Waals surface area contributed by atoms with Crippen LogP contribution in [-0.2, 0) is 0 Å². The Labute approximate surface area is 108 Å². The molecule has 2 heteroatoms. The number of hydrogen-bond acceptors (Lipinski definition) is 2. The highest BCUT2D eigenvalue weighted by atomic mass is 15.2. The van der Waals surface area contributed by atoms with Crippen molar-refractivity contribution >= 4 is 0 Å². The SMILES string of the molecule is CC(C)N1CCCC(NC(C)C(C)(C)C)CC1. The molecule has 2 atom stereocenters. The van der Waals surface area contributed by atoms with Crippen LogP contribution in [0.4, 0.5) is 0 Å². The summed E-state index contributed by atoms with van der Waals surface area (Å²) in [4.78, 5) is 2.61. The van der Waals surface area contributed by atoms with Gasteiger partial charge in [-0.15, -0.1) is 0 Å². The van der Waals surface area contributed by atoms with E-state index in [1.807, 2.05) is 0 Å². The standard InChI is InChI=1S/C15H32N2/c1-12(2)17-10-7-8-14(9-11-17)16-13(3)15(4,5)6/h12-14,16H,7-11H2,1-6H3. The van der Waals surface area contributed by atoms with E-state index in [1.54, 1.807) is 0 Å². The maximum Gasteiger partial charge on any atom is 0.00898 e. The summed E-state index contributed by atoms with van der Waals surface area (Å²) >= 11 is 0. The van der Waals surface area contributed by atoms with Crippen molar-refractivity contribution in [3.63, 3.8) is 0 Å². The third kappa shape index (κ3) is 4.97. The molecule has 0 spiro atoms. The molecule has 0 aromatic carbocycles. The monoisotopic (exact) mass is 240 g/mol. The first-order valence-corrected chi connectivity index (χ1v) is 7.31. The first-order valence-electron chi connectivity index (χ1n) is 7.31. The zero-order valence-electron chi connectivity index (χ0n) is 12.7. The van der Waals surface area contributed by atoms with Gasteiger partial charge in [-0.1, -0.05) is 20.8 Å². The smallest absolute Gasteiger partial charge is 0.00898 e. The Bertz CT molecular complexity index is 217. The van der Waals surface area contributed by atoms with Crippen LogP contribution in [0.3, 0.4) is 0 Å². The second-order valence-electron chi connectivity index (χ2n) is 7.01. The quantitative estimate of drug-likeness (QED) is 0.814. The highest BCUT2D eigenvalue weighted by Gasteiger charge is 2.24. The number of nitrogens with one attached hydrogen (secondary N) is 1. The number of hydrogen-bond donors (Lipinski definition) is 1. The average Bonchev–Trinajstić information content (AvgIpc) is 2.41. The Hall–Kier alpha value is -0.0800. The van der Waals surface area contributed by atoms with Crippen LogP contribution in [0.15, 0.2) is 0 Å². The van der Waals surface area contributed by atoms with E-state index in [2.05, 4.69) is 51.8 Å². The van der Waals surface area contributed by atoms with Crippen LogP contribution >= 0.6 is 0 Å². The van der Waals surface area contributed by atoms with Gasteiger partial charge in [-0.2, -0.15) is 0 Å². The largest absolute Gasteiger partial charge is 0.311 e. The van der Waals surface area contributed by atoms with Gasteiger partial charge in [-0.05, 0) is 58.5 Å². The number of rotatable bonds is 3. The van der Waals surface area contributed by atoms with Gasteiger partial charge in [0.1, 0.15) is 0 Å². The van der Waals surface area contributed by atoms with Gasteiger partial charge < -0.3 is 10.2 Å². The summed E-state index contributed by atoms with van der Waals surface area (Å²) in [5.74, 6) is 0. The Morgan fingerprint density at radius 1 is 1.06 bits per heavy atom. The molecule has 0 bridgehead atoms. The molecule has 17 heavy (non-hydrogen) atoms. The van der Waals surface area contributed by atoms with Gasteiger partial charge in [0.2, 0.25) is 0 Å². The van der Waals surface area contributed by atoms with Crippen molar-refractivity contribution in [3.05, 3.63) is 0 Å². The Morgan fingerprint density at radius 3 is 2.24 bits per heavy atom. The molecule has 1 aliphatic rings. The molecule has 102 valence electrons. The number of likely N-dealkylation sites (tertiary alicyclic amines) is 1. The van der Waals surface area contributed by atoms with Crippen molar-refractivity contribution in [2.24, 2.45) is 5.41 Å². The second kappa shape index (κ2) is 6.19. The van der Waals surface area contributed by atoms with Crippen LogP contribution in [0.2, 0.25) is 0 Å². The summed E-state index contributed by atoms with van der Waals surface area (Å²) < 4.78 is 0. The minimum absolute atomic E-state index is 0.365. The molecule has 0 amide bonds. The minimum atomic E-state index is 0.365. The molecule has 0 aliphatic carbocycles. The number of nitrogens with zero attached hydrogens (tertiary/aromatic N) is 1. The molecule has 2 nitrogen and oxygen atoms in total. The molecule has 0 radical (unpaired) electrons. The molecule has 0 aromatic rings. The summed E-state index contributed by atoms with van der Waals surface area (Å²) in [5.41, 5.74) is 0.365. The van der Waals surface area contributed by atoms with Gasteiger partial charge in [0, 0.05) is 18.1 Å². The van der Waals surface area contributed by atoms with Crippen LogP contribution in [0, 0.1) is 5.41 Å². The van der Waals surface area contributed by atoms with Crippen LogP contribution in [0.25, 0.3) is 0 Å². The van der Waals surface area contributed by atoms with E-state index in [4.69, 9.17) is 0 Å². The normalized spacial score (nSPS) is 25.9. The molecule has 1 aliphatic heterocycles. The maximum absolute atomic E-state index is 3.83. The second-order valence-corrected chi connectivity index (χ2v) is 7.01. The Morgan fingerprint density at radius 2 is 1.71 bits per heavy atom. The fourth-order valence-corrected chi connectivity index (χ4v) is 2.41. The Kier molecular flexibility index (Phi) is 5.46. The van der Waals surface area contributed by atoms with Crippen molar-refractivity contribution in [1.82, 2.24) is 10.2 Å². The molecule has 1 fully saturated rings. The summed E-state index contributed by atoms with van der Waals surface area (Å²) in [6.07, 6.45) is 3.98. The maximum atomic E-state index is 3.83. The summed E-state index contributed by atoms with van der Waals surface area (Å²) in [6.45, 7) is 16.4. The lowest BCUT2D eigenvalue weighted by atomic mass is 9.87. The van der Waals surface area contributed by atoms with E-state index in [1.165, 1.54) is 32.4 Å². The molecule has 1 N–H and O–H groups in total. The van der Waals surface area contributed by atoms with Gasteiger partial charge in [0.25, 0.3) is 0 Å². The van der Waals surface area contributed by atoms with E-state index in [0.29, 0.717) is 23.5 Å². The predicted molar refractivity (Wildman–Crippen MR) is 76.4 cm³/mol. The van der Waals surface area contributed by atoms with Gasteiger partial charge in [0.15, 0.2) is 0 Å². The minimum Gasteiger partial charge on any atom is -0.311 e. The lowest BCUT2D eigenvalue weighted by molar-refractivity contribution is 0.222. The average molecular weight is 240 g/mol. The highest BCUT2D eigenvalue weighted by Crippen LogP contribution is 2.21. The van der Waals surface area contributed by atoms with Crippen LogP contribution < -0.4 is 5.32 Å². The third-order valence-corrected chi connectivity index (χ3v) is 4.28. The van der Waals surface area contributed by atoms with E-state index in [0.717, 1.165) is 0 Å². The van der Waals surface area contributed by atoms with Crippen molar-refractivity contribution in [2.45, 2.75) is 78.9 Å². The lowest BCUT2D eigenvalue weighted by Crippen LogP contribution is -2.44. The van der Waals surface area contributed by atoms with Crippen molar-refractivity contribution < 1.29 is 0 Å². The molecule has 0 aromatic heterocycles. The predicted octanol–water partition coefficient (Wildman–Crippen LogP) is 3.27. The van der Waals surface area contributed by atoms with Crippen LogP contribution in [-0.4, -0.2) is 36.1 Å². The van der Waals surface area contributed by atoms with Crippen LogP contribution in [0.1, 0.15) is 60.8 Å². The molecular weight excluding hydrogens is 208 g/mol. The first-order chi connectivity index (χ1) is 7.80. The zero-order chi connectivity index (χ0) is 13.1. The van der Waals surface area contributed by atoms with E-state index in [-0.39, 0.29) is 0 Å². The lowest BCUT2D eigenvalue weighted by Gasteiger charge is -2.32. The van der Waals surface area contributed by atoms with Crippen molar-refractivity contribution in [2.75, 3.05) is 13.1 Å². The Balaban J connectivity index is 2.42. The summed E-state index contributed by atoms with van der Waals surface area (Å²) in [5, 5.41) is 3.83. The third-order valence-electron chi connectivity index (χ3n) is 4.28. The van der Waals surface area contributed by atoms with Gasteiger partial charge in [0.05, 0.1) is 0 Å². The van der Waals surface area contributed by atoms with Crippen LogP contribution in [0.5, 0.6) is 0 Å². The van der Waals surface area contributed by atoms with Crippen molar-refractivity contribution in [1.29, 1.82) is 0 Å². The fraction of sp³-hybridized carbons (Fsp3) is 1.00. The molecule has 0 saturated carbocycles. The molecule has 1 heterocycles. The van der Waals surface area contributed by atoms with E-state index in [9.17, 15) is 0 Å². The summed E-state index contributed by atoms with van der Waals surface area (Å²) in [6, 6.07) is 2.01. The molecule has 1 saturated heterocycles. The van der Waals surface area contributed by atoms with Gasteiger partial charge in [-0.25, -0.2) is 0 Å². The topological polar surface area (TPSA) is 15.3 Å². The van der Waals surface area contributed by atoms with Gasteiger partial charge >= 0.3 is 0 Å². The van der Waals surface area contributed by atoms with E-state index < -0.39 is 0 Å². The molecular formula is C15H32N2. The van der Waals surface area contributed by atoms with Crippen molar-refractivity contribution in [3.8, 4) is 0 Å². The first kappa shape index (κ1) is 15.0. The summed E-state index contributed by atoms with van der Waals surface area (Å²) in [7, 11) is 0. The molecule has 2 unspecified atom stereocenters. The zero-order valence-corrected chi connectivity index (χ0v) is 12.7. The van der Waals surface area contributed by atoms with E-state index >= 15 is 0 Å². The van der Waals surface area contributed by atoms with Gasteiger partial charge in [-0.3, -0.25) is 0 Å².